The summed E-state index contributed by atoms with van der Waals surface area (Å²) in [6.07, 6.45) is 1.44. The van der Waals surface area contributed by atoms with Gasteiger partial charge < -0.3 is 0 Å². The van der Waals surface area contributed by atoms with Gasteiger partial charge in [0.15, 0.2) is 0 Å². The summed E-state index contributed by atoms with van der Waals surface area (Å²) in [6, 6.07) is 1.37. The van der Waals surface area contributed by atoms with E-state index in [9.17, 15) is 4.39 Å². The predicted molar refractivity (Wildman–Crippen MR) is 44.6 cm³/mol. The number of pyridine rings is 1. The Morgan fingerprint density at radius 1 is 1.67 bits per heavy atom. The van der Waals surface area contributed by atoms with Gasteiger partial charge in [0.25, 0.3) is 0 Å². The molecule has 4 heteroatoms. The molecule has 0 fully saturated rings. The minimum absolute atomic E-state index is 0.442. The molecule has 9 heavy (non-hydrogen) atoms. The van der Waals surface area contributed by atoms with Gasteiger partial charge in [-0.2, -0.15) is 4.39 Å². The fourth-order valence-electron chi connectivity index (χ4n) is 0.391. The minimum atomic E-state index is -0.442. The Kier molecular flexibility index (Phi) is 2.40. The summed E-state index contributed by atoms with van der Waals surface area (Å²) in [5, 5.41) is 0. The van der Waals surface area contributed by atoms with E-state index in [0.29, 0.717) is 0 Å². The van der Waals surface area contributed by atoms with E-state index in [1.54, 1.807) is 0 Å². The monoisotopic (exact) mass is 301 g/mol. The first-order valence-corrected chi connectivity index (χ1v) is 4.04. The number of nitrogens with zero attached hydrogens (tertiary/aromatic N) is 1. The molecule has 1 aromatic heterocycles. The minimum Gasteiger partial charge on any atom is -0.227 e. The SMILES string of the molecule is Fc1cc(I)c(Br)cn1. The van der Waals surface area contributed by atoms with Gasteiger partial charge >= 0.3 is 0 Å². The highest BCUT2D eigenvalue weighted by molar-refractivity contribution is 14.1. The lowest BCUT2D eigenvalue weighted by Crippen LogP contribution is -1.82. The van der Waals surface area contributed by atoms with Crippen molar-refractivity contribution in [2.24, 2.45) is 0 Å². The van der Waals surface area contributed by atoms with Gasteiger partial charge in [0.2, 0.25) is 5.95 Å². The number of hydrogen-bond donors (Lipinski definition) is 0. The van der Waals surface area contributed by atoms with Crippen LogP contribution in [0.25, 0.3) is 0 Å². The molecular formula is C5H2BrFIN. The van der Waals surface area contributed by atoms with Crippen LogP contribution in [0.1, 0.15) is 0 Å². The lowest BCUT2D eigenvalue weighted by atomic mass is 10.5. The molecule has 0 aromatic carbocycles. The van der Waals surface area contributed by atoms with Crippen LogP contribution in [0.15, 0.2) is 16.7 Å². The molecule has 0 spiro atoms. The van der Waals surface area contributed by atoms with Gasteiger partial charge in [0.1, 0.15) is 0 Å². The molecular weight excluding hydrogens is 300 g/mol. The summed E-state index contributed by atoms with van der Waals surface area (Å²) in [6.45, 7) is 0. The quantitative estimate of drug-likeness (QED) is 0.530. The molecule has 0 unspecified atom stereocenters. The van der Waals surface area contributed by atoms with Crippen molar-refractivity contribution in [2.45, 2.75) is 0 Å². The predicted octanol–water partition coefficient (Wildman–Crippen LogP) is 2.59. The zero-order chi connectivity index (χ0) is 6.85. The van der Waals surface area contributed by atoms with E-state index in [2.05, 4.69) is 20.9 Å². The smallest absolute Gasteiger partial charge is 0.213 e. The fourth-order valence-corrected chi connectivity index (χ4v) is 1.00. The van der Waals surface area contributed by atoms with E-state index in [1.165, 1.54) is 12.3 Å². The summed E-state index contributed by atoms with van der Waals surface area (Å²) in [5.74, 6) is -0.442. The molecule has 0 N–H and O–H groups in total. The Labute approximate surface area is 73.9 Å². The second-order valence-electron chi connectivity index (χ2n) is 1.42. The summed E-state index contributed by atoms with van der Waals surface area (Å²) >= 11 is 5.22. The van der Waals surface area contributed by atoms with Crippen LogP contribution in [0.3, 0.4) is 0 Å². The van der Waals surface area contributed by atoms with Crippen LogP contribution in [0, 0.1) is 9.52 Å². The van der Waals surface area contributed by atoms with Gasteiger partial charge in [0.05, 0.1) is 0 Å². The highest BCUT2D eigenvalue weighted by Crippen LogP contribution is 2.17. The van der Waals surface area contributed by atoms with Crippen LogP contribution >= 0.6 is 38.5 Å². The van der Waals surface area contributed by atoms with E-state index >= 15 is 0 Å². The van der Waals surface area contributed by atoms with Crippen molar-refractivity contribution < 1.29 is 4.39 Å². The molecule has 0 aliphatic rings. The van der Waals surface area contributed by atoms with Crippen molar-refractivity contribution >= 4 is 38.5 Å². The van der Waals surface area contributed by atoms with E-state index in [0.717, 1.165) is 8.04 Å². The molecule has 0 saturated heterocycles. The maximum atomic E-state index is 12.2. The lowest BCUT2D eigenvalue weighted by Gasteiger charge is -1.91. The van der Waals surface area contributed by atoms with Crippen LogP contribution in [-0.2, 0) is 0 Å². The van der Waals surface area contributed by atoms with Gasteiger partial charge in [-0.15, -0.1) is 0 Å². The first-order valence-electron chi connectivity index (χ1n) is 2.16. The van der Waals surface area contributed by atoms with Gasteiger partial charge in [-0.1, -0.05) is 0 Å². The third kappa shape index (κ3) is 1.86. The van der Waals surface area contributed by atoms with E-state index in [-0.39, 0.29) is 0 Å². The van der Waals surface area contributed by atoms with E-state index in [1.807, 2.05) is 22.6 Å². The lowest BCUT2D eigenvalue weighted by molar-refractivity contribution is 0.582. The van der Waals surface area contributed by atoms with Gasteiger partial charge in [-0.25, -0.2) is 4.98 Å². The Hall–Kier alpha value is 0.290. The normalized spacial score (nSPS) is 9.67. The summed E-state index contributed by atoms with van der Waals surface area (Å²) < 4.78 is 13.9. The van der Waals surface area contributed by atoms with Crippen LogP contribution in [0.5, 0.6) is 0 Å². The molecule has 0 saturated carbocycles. The highest BCUT2D eigenvalue weighted by Gasteiger charge is 1.96. The fraction of sp³-hybridized carbons (Fsp3) is 0. The Bertz CT molecular complexity index is 228. The second-order valence-corrected chi connectivity index (χ2v) is 3.44. The van der Waals surface area contributed by atoms with Crippen LogP contribution in [0.4, 0.5) is 4.39 Å². The number of halogens is 3. The second kappa shape index (κ2) is 2.92. The van der Waals surface area contributed by atoms with Gasteiger partial charge in [-0.05, 0) is 38.5 Å². The third-order valence-electron chi connectivity index (χ3n) is 0.775. The summed E-state index contributed by atoms with van der Waals surface area (Å²) in [4.78, 5) is 3.42. The topological polar surface area (TPSA) is 12.9 Å². The van der Waals surface area contributed by atoms with Crippen LogP contribution in [-0.4, -0.2) is 4.98 Å². The largest absolute Gasteiger partial charge is 0.227 e. The number of aromatic nitrogens is 1. The molecule has 48 valence electrons. The first-order chi connectivity index (χ1) is 4.20. The first kappa shape index (κ1) is 7.40. The zero-order valence-corrected chi connectivity index (χ0v) is 7.98. The summed E-state index contributed by atoms with van der Waals surface area (Å²) in [7, 11) is 0. The van der Waals surface area contributed by atoms with Crippen molar-refractivity contribution in [3.63, 3.8) is 0 Å². The van der Waals surface area contributed by atoms with Gasteiger partial charge in [0, 0.05) is 20.3 Å². The van der Waals surface area contributed by atoms with Crippen molar-refractivity contribution in [3.8, 4) is 0 Å². The molecule has 1 nitrogen and oxygen atoms in total. The Morgan fingerprint density at radius 2 is 2.33 bits per heavy atom. The molecule has 0 atom stereocenters. The molecule has 0 aliphatic heterocycles. The molecule has 0 bridgehead atoms. The standard InChI is InChI=1S/C5H2BrFIN/c6-3-2-9-5(7)1-4(3)8/h1-2H. The maximum absolute atomic E-state index is 12.2. The van der Waals surface area contributed by atoms with Crippen molar-refractivity contribution in [2.75, 3.05) is 0 Å². The van der Waals surface area contributed by atoms with E-state index in [4.69, 9.17) is 0 Å². The van der Waals surface area contributed by atoms with E-state index < -0.39 is 5.95 Å². The maximum Gasteiger partial charge on any atom is 0.213 e. The average Bonchev–Trinajstić information content (AvgIpc) is 1.80. The molecule has 1 aromatic rings. The van der Waals surface area contributed by atoms with Crippen molar-refractivity contribution in [3.05, 3.63) is 26.3 Å². The number of hydrogen-bond acceptors (Lipinski definition) is 1. The molecule has 0 aliphatic carbocycles. The average molecular weight is 302 g/mol. The highest BCUT2D eigenvalue weighted by atomic mass is 127. The van der Waals surface area contributed by atoms with Crippen LogP contribution < -0.4 is 0 Å². The Morgan fingerprint density at radius 3 is 2.78 bits per heavy atom. The molecule has 0 radical (unpaired) electrons. The molecule has 1 heterocycles. The number of rotatable bonds is 0. The summed E-state index contributed by atoms with van der Waals surface area (Å²) in [5.41, 5.74) is 0. The van der Waals surface area contributed by atoms with Crippen molar-refractivity contribution in [1.29, 1.82) is 0 Å². The van der Waals surface area contributed by atoms with Crippen molar-refractivity contribution in [1.82, 2.24) is 4.98 Å². The van der Waals surface area contributed by atoms with Crippen LogP contribution in [0.2, 0.25) is 0 Å². The molecule has 1 rings (SSSR count). The zero-order valence-electron chi connectivity index (χ0n) is 4.24. The Balaban J connectivity index is 3.17. The molecule has 0 amide bonds. The third-order valence-corrected chi connectivity index (χ3v) is 3.04. The van der Waals surface area contributed by atoms with Gasteiger partial charge in [-0.3, -0.25) is 0 Å².